The number of fused-ring (bicyclic) bond motifs is 1. The van der Waals surface area contributed by atoms with Gasteiger partial charge in [0.2, 0.25) is 0 Å². The van der Waals surface area contributed by atoms with E-state index < -0.39 is 0 Å². The number of piperidine rings is 1. The van der Waals surface area contributed by atoms with Crippen molar-refractivity contribution in [3.05, 3.63) is 0 Å². The third-order valence-corrected chi connectivity index (χ3v) is 2.45. The third kappa shape index (κ3) is 1.25. The molecular weight excluding hydrogens is 142 g/mol. The van der Waals surface area contributed by atoms with Crippen LogP contribution in [-0.2, 0) is 9.53 Å². The lowest BCUT2D eigenvalue weighted by atomic mass is 10.2. The van der Waals surface area contributed by atoms with E-state index in [-0.39, 0.29) is 12.0 Å². The first-order valence-corrected chi connectivity index (χ1v) is 4.24. The SMILES string of the molecule is CCOC(=O)[C@H]1CC2CC2N1. The van der Waals surface area contributed by atoms with E-state index in [4.69, 9.17) is 4.74 Å². The minimum absolute atomic E-state index is 0.00120. The number of hydrogen-bond donors (Lipinski definition) is 1. The van der Waals surface area contributed by atoms with E-state index >= 15 is 0 Å². The van der Waals surface area contributed by atoms with Gasteiger partial charge in [-0.15, -0.1) is 0 Å². The molecule has 1 aliphatic carbocycles. The maximum atomic E-state index is 11.1. The molecule has 2 fully saturated rings. The summed E-state index contributed by atoms with van der Waals surface area (Å²) in [6, 6.07) is 0.628. The summed E-state index contributed by atoms with van der Waals surface area (Å²) in [6.45, 7) is 2.33. The second-order valence-corrected chi connectivity index (χ2v) is 3.31. The summed E-state index contributed by atoms with van der Waals surface area (Å²) >= 11 is 0. The largest absolute Gasteiger partial charge is 0.465 e. The van der Waals surface area contributed by atoms with Crippen LogP contribution in [0, 0.1) is 5.92 Å². The molecule has 2 aliphatic rings. The van der Waals surface area contributed by atoms with Crippen molar-refractivity contribution < 1.29 is 9.53 Å². The molecule has 0 aromatic heterocycles. The predicted molar refractivity (Wildman–Crippen MR) is 40.1 cm³/mol. The monoisotopic (exact) mass is 155 g/mol. The minimum atomic E-state index is -0.0697. The van der Waals surface area contributed by atoms with Gasteiger partial charge in [0.15, 0.2) is 0 Å². The third-order valence-electron chi connectivity index (χ3n) is 2.45. The van der Waals surface area contributed by atoms with Crippen LogP contribution < -0.4 is 5.32 Å². The molecule has 3 nitrogen and oxygen atoms in total. The van der Waals surface area contributed by atoms with E-state index in [1.807, 2.05) is 6.92 Å². The molecular formula is C8H13NO2. The maximum absolute atomic E-state index is 11.1. The fourth-order valence-corrected chi connectivity index (χ4v) is 1.75. The van der Waals surface area contributed by atoms with Gasteiger partial charge in [0, 0.05) is 6.04 Å². The van der Waals surface area contributed by atoms with Crippen molar-refractivity contribution in [3.8, 4) is 0 Å². The van der Waals surface area contributed by atoms with Crippen LogP contribution in [0.1, 0.15) is 19.8 Å². The molecule has 0 spiro atoms. The average Bonchev–Trinajstić information content (AvgIpc) is 2.59. The number of carbonyl (C=O) groups is 1. The van der Waals surface area contributed by atoms with Crippen molar-refractivity contribution in [2.45, 2.75) is 31.8 Å². The van der Waals surface area contributed by atoms with Crippen molar-refractivity contribution in [2.24, 2.45) is 5.92 Å². The first-order chi connectivity index (χ1) is 5.31. The van der Waals surface area contributed by atoms with Gasteiger partial charge < -0.3 is 10.1 Å². The zero-order valence-corrected chi connectivity index (χ0v) is 6.67. The Kier molecular flexibility index (Phi) is 1.60. The van der Waals surface area contributed by atoms with E-state index in [0.717, 1.165) is 12.3 Å². The van der Waals surface area contributed by atoms with Crippen LogP contribution in [0.25, 0.3) is 0 Å². The smallest absolute Gasteiger partial charge is 0.323 e. The fraction of sp³-hybridized carbons (Fsp3) is 0.875. The molecule has 1 saturated carbocycles. The highest BCUT2D eigenvalue weighted by molar-refractivity contribution is 5.76. The summed E-state index contributed by atoms with van der Waals surface area (Å²) in [4.78, 5) is 11.1. The van der Waals surface area contributed by atoms with Crippen molar-refractivity contribution in [2.75, 3.05) is 6.61 Å². The Morgan fingerprint density at radius 2 is 2.45 bits per heavy atom. The average molecular weight is 155 g/mol. The van der Waals surface area contributed by atoms with Crippen LogP contribution in [0.4, 0.5) is 0 Å². The van der Waals surface area contributed by atoms with Gasteiger partial charge in [-0.3, -0.25) is 4.79 Å². The van der Waals surface area contributed by atoms with Gasteiger partial charge in [-0.1, -0.05) is 0 Å². The molecule has 1 aliphatic heterocycles. The van der Waals surface area contributed by atoms with Crippen molar-refractivity contribution in [1.29, 1.82) is 0 Å². The van der Waals surface area contributed by atoms with Gasteiger partial charge in [-0.2, -0.15) is 0 Å². The summed E-state index contributed by atoms with van der Waals surface area (Å²) in [5.74, 6) is 0.698. The number of nitrogens with one attached hydrogen (secondary N) is 1. The standard InChI is InChI=1S/C8H13NO2/c1-2-11-8(10)7-4-5-3-6(5)9-7/h5-7,9H,2-4H2,1H3/t5?,6?,7-/m1/s1. The zero-order valence-electron chi connectivity index (χ0n) is 6.67. The van der Waals surface area contributed by atoms with Gasteiger partial charge in [-0.25, -0.2) is 0 Å². The van der Waals surface area contributed by atoms with Gasteiger partial charge in [0.05, 0.1) is 6.61 Å². The Bertz CT molecular complexity index is 171. The highest BCUT2D eigenvalue weighted by Crippen LogP contribution is 2.40. The molecule has 0 radical (unpaired) electrons. The van der Waals surface area contributed by atoms with E-state index in [2.05, 4.69) is 5.32 Å². The second kappa shape index (κ2) is 2.48. The molecule has 11 heavy (non-hydrogen) atoms. The van der Waals surface area contributed by atoms with Crippen molar-refractivity contribution in [1.82, 2.24) is 5.32 Å². The molecule has 3 atom stereocenters. The number of esters is 1. The molecule has 62 valence electrons. The Balaban J connectivity index is 1.82. The molecule has 3 heteroatoms. The second-order valence-electron chi connectivity index (χ2n) is 3.31. The first-order valence-electron chi connectivity index (χ1n) is 4.24. The lowest BCUT2D eigenvalue weighted by molar-refractivity contribution is -0.145. The van der Waals surface area contributed by atoms with Crippen LogP contribution in [0.2, 0.25) is 0 Å². The van der Waals surface area contributed by atoms with Gasteiger partial charge in [0.25, 0.3) is 0 Å². The van der Waals surface area contributed by atoms with Crippen LogP contribution in [0.3, 0.4) is 0 Å². The summed E-state index contributed by atoms with van der Waals surface area (Å²) in [6.07, 6.45) is 2.25. The first kappa shape index (κ1) is 7.10. The van der Waals surface area contributed by atoms with E-state index in [9.17, 15) is 4.79 Å². The van der Waals surface area contributed by atoms with Crippen LogP contribution in [0.15, 0.2) is 0 Å². The number of rotatable bonds is 2. The number of hydrogen-bond acceptors (Lipinski definition) is 3. The topological polar surface area (TPSA) is 38.3 Å². The Hall–Kier alpha value is -0.570. The van der Waals surface area contributed by atoms with Gasteiger partial charge in [-0.05, 0) is 25.7 Å². The number of carbonyl (C=O) groups excluding carboxylic acids is 1. The van der Waals surface area contributed by atoms with Crippen molar-refractivity contribution >= 4 is 5.97 Å². The van der Waals surface area contributed by atoms with Crippen LogP contribution in [-0.4, -0.2) is 24.7 Å². The number of ether oxygens (including phenoxy) is 1. The van der Waals surface area contributed by atoms with Gasteiger partial charge in [0.1, 0.15) is 6.04 Å². The van der Waals surface area contributed by atoms with Crippen LogP contribution >= 0.6 is 0 Å². The molecule has 0 bridgehead atoms. The quantitative estimate of drug-likeness (QED) is 0.583. The maximum Gasteiger partial charge on any atom is 0.323 e. The lowest BCUT2D eigenvalue weighted by Crippen LogP contribution is -2.35. The molecule has 1 saturated heterocycles. The fourth-order valence-electron chi connectivity index (χ4n) is 1.75. The Morgan fingerprint density at radius 1 is 1.64 bits per heavy atom. The highest BCUT2D eigenvalue weighted by Gasteiger charge is 2.48. The molecule has 1 heterocycles. The lowest BCUT2D eigenvalue weighted by Gasteiger charge is -2.10. The van der Waals surface area contributed by atoms with E-state index in [1.165, 1.54) is 6.42 Å². The molecule has 1 N–H and O–H groups in total. The van der Waals surface area contributed by atoms with Gasteiger partial charge >= 0.3 is 5.97 Å². The predicted octanol–water partition coefficient (Wildman–Crippen LogP) is 0.300. The normalized spacial score (nSPS) is 39.9. The molecule has 0 aromatic carbocycles. The van der Waals surface area contributed by atoms with Crippen LogP contribution in [0.5, 0.6) is 0 Å². The Morgan fingerprint density at radius 3 is 3.00 bits per heavy atom. The van der Waals surface area contributed by atoms with E-state index in [1.54, 1.807) is 0 Å². The van der Waals surface area contributed by atoms with Crippen molar-refractivity contribution in [3.63, 3.8) is 0 Å². The molecule has 2 rings (SSSR count). The summed E-state index contributed by atoms with van der Waals surface area (Å²) < 4.78 is 4.89. The highest BCUT2D eigenvalue weighted by atomic mass is 16.5. The summed E-state index contributed by atoms with van der Waals surface area (Å²) in [5, 5.41) is 3.24. The zero-order chi connectivity index (χ0) is 7.84. The summed E-state index contributed by atoms with van der Waals surface area (Å²) in [7, 11) is 0. The van der Waals surface area contributed by atoms with E-state index in [0.29, 0.717) is 12.6 Å². The minimum Gasteiger partial charge on any atom is -0.465 e. The molecule has 0 aromatic rings. The molecule has 2 unspecified atom stereocenters. The molecule has 0 amide bonds. The Labute approximate surface area is 66.1 Å². The summed E-state index contributed by atoms with van der Waals surface area (Å²) in [5.41, 5.74) is 0.